The van der Waals surface area contributed by atoms with Crippen molar-refractivity contribution in [3.05, 3.63) is 63.1 Å². The lowest BCUT2D eigenvalue weighted by Crippen LogP contribution is -2.13. The van der Waals surface area contributed by atoms with Crippen LogP contribution >= 0.6 is 27.5 Å². The highest BCUT2D eigenvalue weighted by Crippen LogP contribution is 2.42. The lowest BCUT2D eigenvalue weighted by atomic mass is 9.83. The van der Waals surface area contributed by atoms with E-state index in [1.165, 1.54) is 12.5 Å². The van der Waals surface area contributed by atoms with Crippen molar-refractivity contribution >= 4 is 33.5 Å². The largest absolute Gasteiger partial charge is 0.426 e. The number of halogens is 2. The average molecular weight is 395 g/mol. The van der Waals surface area contributed by atoms with Crippen LogP contribution in [0, 0.1) is 0 Å². The second-order valence-electron chi connectivity index (χ2n) is 5.67. The third-order valence-electron chi connectivity index (χ3n) is 4.14. The number of hydrogen-bond acceptors (Lipinski definition) is 3. The molecular formula is C18H17BrClNO2. The molecule has 1 heterocycles. The molecule has 2 aromatic carbocycles. The van der Waals surface area contributed by atoms with Gasteiger partial charge in [0.25, 0.3) is 0 Å². The van der Waals surface area contributed by atoms with Crippen LogP contribution in [0.1, 0.15) is 29.9 Å². The molecule has 3 rings (SSSR count). The number of esters is 1. The van der Waals surface area contributed by atoms with Crippen molar-refractivity contribution in [2.75, 3.05) is 13.1 Å². The molecule has 1 N–H and O–H groups in total. The van der Waals surface area contributed by atoms with Gasteiger partial charge in [0.15, 0.2) is 0 Å². The molecule has 23 heavy (non-hydrogen) atoms. The number of carbonyl (C=O) groups excluding carboxylic acids is 1. The molecule has 1 aliphatic rings. The standard InChI is InChI=1S/C18H17BrClNO2/c1-11(22)23-18-7-6-12(20)8-14(18)16-10-21-9-15(16)13-4-2-3-5-17(13)19/h2-8,15-16,21H,9-10H2,1H3/t15-,16?/m0/s1. The third-order valence-corrected chi connectivity index (χ3v) is 5.10. The Hall–Kier alpha value is -1.36. The van der Waals surface area contributed by atoms with E-state index in [1.54, 1.807) is 12.1 Å². The Kier molecular flexibility index (Phi) is 5.05. The normalized spacial score (nSPS) is 20.5. The van der Waals surface area contributed by atoms with Gasteiger partial charge in [-0.05, 0) is 29.8 Å². The number of hydrogen-bond donors (Lipinski definition) is 1. The van der Waals surface area contributed by atoms with E-state index in [9.17, 15) is 4.79 Å². The Balaban J connectivity index is 2.01. The SMILES string of the molecule is CC(=O)Oc1ccc(Cl)cc1C1CNC[C@H]1c1ccccc1Br. The maximum Gasteiger partial charge on any atom is 0.308 e. The number of rotatable bonds is 3. The van der Waals surface area contributed by atoms with E-state index in [0.29, 0.717) is 16.7 Å². The quantitative estimate of drug-likeness (QED) is 0.615. The topological polar surface area (TPSA) is 38.3 Å². The van der Waals surface area contributed by atoms with Crippen LogP contribution in [0.4, 0.5) is 0 Å². The van der Waals surface area contributed by atoms with Crippen LogP contribution in [0.5, 0.6) is 5.75 Å². The predicted octanol–water partition coefficient (Wildman–Crippen LogP) is 4.50. The molecule has 5 heteroatoms. The molecule has 3 nitrogen and oxygen atoms in total. The molecule has 0 radical (unpaired) electrons. The minimum Gasteiger partial charge on any atom is -0.426 e. The van der Waals surface area contributed by atoms with Crippen LogP contribution in [-0.4, -0.2) is 19.1 Å². The van der Waals surface area contributed by atoms with Gasteiger partial charge < -0.3 is 10.1 Å². The zero-order valence-electron chi connectivity index (χ0n) is 12.7. The summed E-state index contributed by atoms with van der Waals surface area (Å²) in [6.07, 6.45) is 0. The van der Waals surface area contributed by atoms with Crippen LogP contribution in [0.15, 0.2) is 46.9 Å². The molecule has 0 amide bonds. The number of carbonyl (C=O) groups is 1. The molecule has 0 aliphatic carbocycles. The Morgan fingerprint density at radius 3 is 2.57 bits per heavy atom. The van der Waals surface area contributed by atoms with Crippen molar-refractivity contribution in [1.82, 2.24) is 5.32 Å². The molecule has 1 fully saturated rings. The first-order valence-corrected chi connectivity index (χ1v) is 8.66. The van der Waals surface area contributed by atoms with E-state index >= 15 is 0 Å². The fourth-order valence-electron chi connectivity index (χ4n) is 3.16. The second kappa shape index (κ2) is 7.04. The van der Waals surface area contributed by atoms with Crippen LogP contribution in [-0.2, 0) is 4.79 Å². The zero-order chi connectivity index (χ0) is 16.4. The Morgan fingerprint density at radius 2 is 1.87 bits per heavy atom. The Bertz CT molecular complexity index is 735. The van der Waals surface area contributed by atoms with E-state index in [1.807, 2.05) is 18.2 Å². The van der Waals surface area contributed by atoms with E-state index in [2.05, 4.69) is 33.4 Å². The number of ether oxygens (including phenoxy) is 1. The van der Waals surface area contributed by atoms with E-state index < -0.39 is 0 Å². The third kappa shape index (κ3) is 3.60. The van der Waals surface area contributed by atoms with Gasteiger partial charge in [0.05, 0.1) is 0 Å². The van der Waals surface area contributed by atoms with Crippen molar-refractivity contribution in [2.24, 2.45) is 0 Å². The molecule has 0 aromatic heterocycles. The maximum absolute atomic E-state index is 11.4. The predicted molar refractivity (Wildman–Crippen MR) is 95.3 cm³/mol. The Labute approximate surface area is 149 Å². The average Bonchev–Trinajstić information content (AvgIpc) is 2.98. The van der Waals surface area contributed by atoms with Gasteiger partial charge in [0.1, 0.15) is 5.75 Å². The lowest BCUT2D eigenvalue weighted by molar-refractivity contribution is -0.131. The van der Waals surface area contributed by atoms with Gasteiger partial charge in [0.2, 0.25) is 0 Å². The monoisotopic (exact) mass is 393 g/mol. The molecule has 120 valence electrons. The van der Waals surface area contributed by atoms with Gasteiger partial charge in [-0.2, -0.15) is 0 Å². The van der Waals surface area contributed by atoms with E-state index in [-0.39, 0.29) is 11.9 Å². The molecule has 1 unspecified atom stereocenters. The van der Waals surface area contributed by atoms with Crippen molar-refractivity contribution in [2.45, 2.75) is 18.8 Å². The molecular weight excluding hydrogens is 378 g/mol. The molecule has 1 aliphatic heterocycles. The summed E-state index contributed by atoms with van der Waals surface area (Å²) in [4.78, 5) is 11.4. The minimum absolute atomic E-state index is 0.196. The summed E-state index contributed by atoms with van der Waals surface area (Å²) < 4.78 is 6.48. The fraction of sp³-hybridized carbons (Fsp3) is 0.278. The van der Waals surface area contributed by atoms with Gasteiger partial charge in [-0.15, -0.1) is 0 Å². The van der Waals surface area contributed by atoms with Crippen LogP contribution in [0.3, 0.4) is 0 Å². The van der Waals surface area contributed by atoms with Gasteiger partial charge >= 0.3 is 5.97 Å². The fourth-order valence-corrected chi connectivity index (χ4v) is 3.92. The number of benzene rings is 2. The molecule has 2 atom stereocenters. The second-order valence-corrected chi connectivity index (χ2v) is 6.96. The van der Waals surface area contributed by atoms with E-state index in [4.69, 9.17) is 16.3 Å². The summed E-state index contributed by atoms with van der Waals surface area (Å²) in [6, 6.07) is 13.7. The van der Waals surface area contributed by atoms with Crippen LogP contribution in [0.2, 0.25) is 5.02 Å². The molecule has 0 bridgehead atoms. The summed E-state index contributed by atoms with van der Waals surface area (Å²) in [5.74, 6) is 0.754. The Morgan fingerprint density at radius 1 is 1.17 bits per heavy atom. The molecule has 0 saturated carbocycles. The molecule has 0 spiro atoms. The van der Waals surface area contributed by atoms with Gasteiger partial charge in [0, 0.05) is 46.9 Å². The van der Waals surface area contributed by atoms with Gasteiger partial charge in [-0.25, -0.2) is 0 Å². The van der Waals surface area contributed by atoms with Gasteiger partial charge in [-0.3, -0.25) is 4.79 Å². The smallest absolute Gasteiger partial charge is 0.308 e. The summed E-state index contributed by atoms with van der Waals surface area (Å²) >= 11 is 9.83. The lowest BCUT2D eigenvalue weighted by Gasteiger charge is -2.22. The van der Waals surface area contributed by atoms with Crippen molar-refractivity contribution in [3.63, 3.8) is 0 Å². The maximum atomic E-state index is 11.4. The minimum atomic E-state index is -0.322. The summed E-state index contributed by atoms with van der Waals surface area (Å²) in [5, 5.41) is 4.09. The van der Waals surface area contributed by atoms with Crippen molar-refractivity contribution in [3.8, 4) is 5.75 Å². The molecule has 2 aromatic rings. The van der Waals surface area contributed by atoms with E-state index in [0.717, 1.165) is 23.1 Å². The first-order chi connectivity index (χ1) is 11.1. The zero-order valence-corrected chi connectivity index (χ0v) is 15.0. The summed E-state index contributed by atoms with van der Waals surface area (Å²) in [5.41, 5.74) is 2.22. The summed E-state index contributed by atoms with van der Waals surface area (Å²) in [6.45, 7) is 3.11. The van der Waals surface area contributed by atoms with Crippen LogP contribution < -0.4 is 10.1 Å². The first-order valence-electron chi connectivity index (χ1n) is 7.49. The van der Waals surface area contributed by atoms with Crippen molar-refractivity contribution < 1.29 is 9.53 Å². The van der Waals surface area contributed by atoms with Gasteiger partial charge in [-0.1, -0.05) is 45.7 Å². The van der Waals surface area contributed by atoms with Crippen molar-refractivity contribution in [1.29, 1.82) is 0 Å². The number of nitrogens with one attached hydrogen (secondary N) is 1. The van der Waals surface area contributed by atoms with Crippen LogP contribution in [0.25, 0.3) is 0 Å². The highest BCUT2D eigenvalue weighted by molar-refractivity contribution is 9.10. The highest BCUT2D eigenvalue weighted by atomic mass is 79.9. The molecule has 1 saturated heterocycles. The highest BCUT2D eigenvalue weighted by Gasteiger charge is 2.33. The summed E-state index contributed by atoms with van der Waals surface area (Å²) in [7, 11) is 0. The first kappa shape index (κ1) is 16.5.